The van der Waals surface area contributed by atoms with Crippen molar-refractivity contribution in [2.75, 3.05) is 13.2 Å². The van der Waals surface area contributed by atoms with E-state index in [2.05, 4.69) is 65.1 Å². The summed E-state index contributed by atoms with van der Waals surface area (Å²) in [4.78, 5) is 0. The molecular weight excluding hydrogens is 288 g/mol. The van der Waals surface area contributed by atoms with Crippen molar-refractivity contribution in [3.05, 3.63) is 47.0 Å². The van der Waals surface area contributed by atoms with Crippen LogP contribution in [0.4, 0.5) is 0 Å². The van der Waals surface area contributed by atoms with E-state index < -0.39 is 8.32 Å². The molecule has 0 amide bonds. The van der Waals surface area contributed by atoms with Crippen molar-refractivity contribution in [2.24, 2.45) is 0 Å². The van der Waals surface area contributed by atoms with Gasteiger partial charge in [-0.15, -0.1) is 0 Å². The van der Waals surface area contributed by atoms with E-state index in [1.54, 1.807) is 0 Å². The number of hydrogen-bond donors (Lipinski definition) is 0. The summed E-state index contributed by atoms with van der Waals surface area (Å²) in [5.74, 6) is 0. The van der Waals surface area contributed by atoms with E-state index in [0.717, 1.165) is 13.0 Å². The highest BCUT2D eigenvalue weighted by atomic mass is 28.4. The molecule has 0 N–H and O–H groups in total. The van der Waals surface area contributed by atoms with Crippen LogP contribution >= 0.6 is 0 Å². The number of hydrogen-bond acceptors (Lipinski definition) is 2. The summed E-state index contributed by atoms with van der Waals surface area (Å²) >= 11 is 0. The van der Waals surface area contributed by atoms with E-state index >= 15 is 0 Å². The monoisotopic (exact) mass is 318 g/mol. The molecule has 1 aliphatic rings. The molecule has 0 saturated carbocycles. The first kappa shape index (κ1) is 17.5. The zero-order valence-electron chi connectivity index (χ0n) is 14.9. The van der Waals surface area contributed by atoms with Gasteiger partial charge in [-0.1, -0.05) is 56.7 Å². The number of ether oxygens (including phenoxy) is 1. The maximum absolute atomic E-state index is 6.35. The first-order valence-electron chi connectivity index (χ1n) is 8.19. The third-order valence-electron chi connectivity index (χ3n) is 5.14. The summed E-state index contributed by atoms with van der Waals surface area (Å²) in [6.45, 7) is 15.1. The predicted octanol–water partition coefficient (Wildman–Crippen LogP) is 5.49. The molecule has 1 atom stereocenters. The third-order valence-corrected chi connectivity index (χ3v) is 9.62. The van der Waals surface area contributed by atoms with Crippen LogP contribution in [-0.2, 0) is 9.16 Å². The van der Waals surface area contributed by atoms with Crippen LogP contribution in [0.2, 0.25) is 18.1 Å². The van der Waals surface area contributed by atoms with Gasteiger partial charge in [0.05, 0.1) is 19.3 Å². The number of benzene rings is 1. The highest BCUT2D eigenvalue weighted by Gasteiger charge is 2.37. The Balaban J connectivity index is 2.00. The van der Waals surface area contributed by atoms with Crippen molar-refractivity contribution in [2.45, 2.75) is 58.4 Å². The van der Waals surface area contributed by atoms with Gasteiger partial charge >= 0.3 is 0 Å². The second-order valence-corrected chi connectivity index (χ2v) is 12.7. The summed E-state index contributed by atoms with van der Waals surface area (Å²) in [5, 5.41) is 0.254. The van der Waals surface area contributed by atoms with Crippen LogP contribution < -0.4 is 0 Å². The minimum Gasteiger partial charge on any atom is -0.413 e. The zero-order chi connectivity index (χ0) is 16.4. The second kappa shape index (κ2) is 6.69. The topological polar surface area (TPSA) is 18.5 Å². The van der Waals surface area contributed by atoms with Gasteiger partial charge in [0.15, 0.2) is 8.32 Å². The molecule has 1 aromatic rings. The van der Waals surface area contributed by atoms with Gasteiger partial charge in [0.2, 0.25) is 0 Å². The molecule has 1 heterocycles. The van der Waals surface area contributed by atoms with Crippen molar-refractivity contribution < 1.29 is 9.16 Å². The molecule has 0 spiro atoms. The molecule has 0 aromatic heterocycles. The van der Waals surface area contributed by atoms with E-state index in [9.17, 15) is 0 Å². The lowest BCUT2D eigenvalue weighted by Gasteiger charge is -2.37. The van der Waals surface area contributed by atoms with Crippen LogP contribution in [-0.4, -0.2) is 21.5 Å². The average molecular weight is 319 g/mol. The Hall–Kier alpha value is -0.903. The molecule has 2 rings (SSSR count). The minimum atomic E-state index is -1.69. The van der Waals surface area contributed by atoms with Crippen LogP contribution in [0.3, 0.4) is 0 Å². The molecule has 1 aromatic carbocycles. The van der Waals surface area contributed by atoms with Gasteiger partial charge in [-0.2, -0.15) is 0 Å². The quantitative estimate of drug-likeness (QED) is 0.540. The van der Waals surface area contributed by atoms with E-state index in [1.807, 2.05) is 6.07 Å². The van der Waals surface area contributed by atoms with Gasteiger partial charge in [-0.05, 0) is 42.6 Å². The van der Waals surface area contributed by atoms with E-state index in [1.165, 1.54) is 16.7 Å². The Bertz CT molecular complexity index is 526. The first-order chi connectivity index (χ1) is 10.2. The molecule has 0 fully saturated rings. The SMILES string of the molecule is CC1=C(CO[Si](C)(C)C(C)(C)C)COC(c2ccccc2)C1. The Kier molecular flexibility index (Phi) is 5.31. The van der Waals surface area contributed by atoms with Gasteiger partial charge in [-0.25, -0.2) is 0 Å². The van der Waals surface area contributed by atoms with Crippen molar-refractivity contribution in [1.29, 1.82) is 0 Å². The maximum Gasteiger partial charge on any atom is 0.192 e. The lowest BCUT2D eigenvalue weighted by Crippen LogP contribution is -2.41. The Labute approximate surface area is 136 Å². The first-order valence-corrected chi connectivity index (χ1v) is 11.1. The normalized spacial score (nSPS) is 20.4. The average Bonchev–Trinajstić information content (AvgIpc) is 2.45. The molecule has 3 heteroatoms. The third kappa shape index (κ3) is 4.09. The van der Waals surface area contributed by atoms with Gasteiger partial charge in [0.1, 0.15) is 0 Å². The van der Waals surface area contributed by atoms with E-state index in [-0.39, 0.29) is 11.1 Å². The molecular formula is C19H30O2Si. The fourth-order valence-corrected chi connectivity index (χ4v) is 3.30. The molecule has 0 saturated heterocycles. The van der Waals surface area contributed by atoms with Crippen molar-refractivity contribution in [3.8, 4) is 0 Å². The summed E-state index contributed by atoms with van der Waals surface area (Å²) < 4.78 is 12.4. The largest absolute Gasteiger partial charge is 0.413 e. The van der Waals surface area contributed by atoms with Crippen LogP contribution in [0.1, 0.15) is 45.8 Å². The highest BCUT2D eigenvalue weighted by molar-refractivity contribution is 6.74. The Morgan fingerprint density at radius 1 is 1.18 bits per heavy atom. The van der Waals surface area contributed by atoms with Gasteiger partial charge in [-0.3, -0.25) is 0 Å². The Morgan fingerprint density at radius 3 is 2.36 bits per heavy atom. The van der Waals surface area contributed by atoms with E-state index in [4.69, 9.17) is 9.16 Å². The lowest BCUT2D eigenvalue weighted by atomic mass is 9.96. The Morgan fingerprint density at radius 2 is 1.82 bits per heavy atom. The number of rotatable bonds is 4. The molecule has 0 aliphatic carbocycles. The smallest absolute Gasteiger partial charge is 0.192 e. The standard InChI is InChI=1S/C19H30O2Si/c1-15-12-18(16-10-8-7-9-11-16)20-13-17(15)14-21-22(5,6)19(2,3)4/h7-11,18H,12-14H2,1-6H3. The van der Waals surface area contributed by atoms with Crippen molar-refractivity contribution in [3.63, 3.8) is 0 Å². The van der Waals surface area contributed by atoms with Crippen LogP contribution in [0.5, 0.6) is 0 Å². The summed E-state index contributed by atoms with van der Waals surface area (Å²) in [6.07, 6.45) is 1.16. The molecule has 0 radical (unpaired) electrons. The lowest BCUT2D eigenvalue weighted by molar-refractivity contribution is 0.0523. The molecule has 22 heavy (non-hydrogen) atoms. The van der Waals surface area contributed by atoms with Crippen LogP contribution in [0, 0.1) is 0 Å². The molecule has 0 bridgehead atoms. The van der Waals surface area contributed by atoms with Crippen molar-refractivity contribution >= 4 is 8.32 Å². The van der Waals surface area contributed by atoms with Gasteiger partial charge in [0.25, 0.3) is 0 Å². The maximum atomic E-state index is 6.35. The molecule has 1 unspecified atom stereocenters. The highest BCUT2D eigenvalue weighted by Crippen LogP contribution is 2.38. The van der Waals surface area contributed by atoms with Crippen LogP contribution in [0.15, 0.2) is 41.5 Å². The van der Waals surface area contributed by atoms with Gasteiger partial charge < -0.3 is 9.16 Å². The van der Waals surface area contributed by atoms with Crippen LogP contribution in [0.25, 0.3) is 0 Å². The molecule has 1 aliphatic heterocycles. The molecule has 2 nitrogen and oxygen atoms in total. The second-order valence-electron chi connectivity index (χ2n) is 7.85. The molecule has 122 valence electrons. The van der Waals surface area contributed by atoms with Crippen molar-refractivity contribution in [1.82, 2.24) is 0 Å². The zero-order valence-corrected chi connectivity index (χ0v) is 15.9. The minimum absolute atomic E-state index is 0.192. The fourth-order valence-electron chi connectivity index (χ4n) is 2.34. The summed E-state index contributed by atoms with van der Waals surface area (Å²) in [6, 6.07) is 10.5. The predicted molar refractivity (Wildman–Crippen MR) is 95.6 cm³/mol. The fraction of sp³-hybridized carbons (Fsp3) is 0.579. The van der Waals surface area contributed by atoms with Gasteiger partial charge in [0, 0.05) is 0 Å². The van der Waals surface area contributed by atoms with E-state index in [0.29, 0.717) is 6.61 Å². The summed E-state index contributed by atoms with van der Waals surface area (Å²) in [7, 11) is -1.69. The summed E-state index contributed by atoms with van der Waals surface area (Å²) in [5.41, 5.74) is 4.03.